The van der Waals surface area contributed by atoms with E-state index in [1.54, 1.807) is 6.07 Å². The van der Waals surface area contributed by atoms with E-state index in [0.717, 1.165) is 23.1 Å². The summed E-state index contributed by atoms with van der Waals surface area (Å²) < 4.78 is 0. The second-order valence-electron chi connectivity index (χ2n) is 3.36. The van der Waals surface area contributed by atoms with E-state index >= 15 is 0 Å². The molecule has 0 amide bonds. The Hall–Kier alpha value is -1.62. The van der Waals surface area contributed by atoms with Crippen molar-refractivity contribution < 1.29 is 4.79 Å². The molecule has 0 aromatic heterocycles. The molecule has 0 heterocycles. The average molecular weight is 171 g/mol. The Balaban J connectivity index is 2.67. The zero-order chi connectivity index (χ0) is 9.42. The van der Waals surface area contributed by atoms with Crippen LogP contribution in [-0.4, -0.2) is 5.78 Å². The molecule has 2 nitrogen and oxygen atoms in total. The second kappa shape index (κ2) is 2.70. The molecule has 0 aliphatic heterocycles. The van der Waals surface area contributed by atoms with Gasteiger partial charge in [-0.05, 0) is 36.6 Å². The molecule has 0 saturated heterocycles. The van der Waals surface area contributed by atoms with Gasteiger partial charge < -0.3 is 0 Å². The summed E-state index contributed by atoms with van der Waals surface area (Å²) in [4.78, 5) is 11.4. The minimum Gasteiger partial charge on any atom is -0.294 e. The van der Waals surface area contributed by atoms with E-state index in [9.17, 15) is 4.79 Å². The number of aryl methyl sites for hydroxylation is 2. The Labute approximate surface area is 76.8 Å². The summed E-state index contributed by atoms with van der Waals surface area (Å²) in [6.45, 7) is 1.89. The van der Waals surface area contributed by atoms with Crippen molar-refractivity contribution in [3.05, 3.63) is 34.4 Å². The fourth-order valence-electron chi connectivity index (χ4n) is 1.89. The standard InChI is InChI=1S/C11H9NO/c1-7-4-8(6-12)5-9-2-3-10(13)11(7)9/h4-5H,2-3H2,1H3. The molecule has 2 rings (SSSR count). The lowest BCUT2D eigenvalue weighted by Crippen LogP contribution is -1.95. The Kier molecular flexibility index (Phi) is 1.66. The zero-order valence-electron chi connectivity index (χ0n) is 7.42. The second-order valence-corrected chi connectivity index (χ2v) is 3.36. The van der Waals surface area contributed by atoms with Crippen molar-refractivity contribution in [1.82, 2.24) is 0 Å². The Morgan fingerprint density at radius 1 is 1.38 bits per heavy atom. The molecular formula is C11H9NO. The number of hydrogen-bond donors (Lipinski definition) is 0. The van der Waals surface area contributed by atoms with Crippen LogP contribution in [-0.2, 0) is 6.42 Å². The summed E-state index contributed by atoms with van der Waals surface area (Å²) in [7, 11) is 0. The van der Waals surface area contributed by atoms with E-state index in [2.05, 4.69) is 6.07 Å². The van der Waals surface area contributed by atoms with Gasteiger partial charge in [-0.25, -0.2) is 0 Å². The van der Waals surface area contributed by atoms with Gasteiger partial charge in [0.15, 0.2) is 5.78 Å². The third-order valence-corrected chi connectivity index (χ3v) is 2.45. The number of fused-ring (bicyclic) bond motifs is 1. The van der Waals surface area contributed by atoms with Crippen molar-refractivity contribution in [2.24, 2.45) is 0 Å². The van der Waals surface area contributed by atoms with E-state index in [0.29, 0.717) is 12.0 Å². The normalized spacial score (nSPS) is 14.0. The first-order chi connectivity index (χ1) is 6.22. The monoisotopic (exact) mass is 171 g/mol. The van der Waals surface area contributed by atoms with E-state index in [1.165, 1.54) is 0 Å². The van der Waals surface area contributed by atoms with Gasteiger partial charge in [0.2, 0.25) is 0 Å². The first-order valence-corrected chi connectivity index (χ1v) is 4.29. The van der Waals surface area contributed by atoms with E-state index in [-0.39, 0.29) is 5.78 Å². The third-order valence-electron chi connectivity index (χ3n) is 2.45. The van der Waals surface area contributed by atoms with Crippen LogP contribution in [0.3, 0.4) is 0 Å². The molecular weight excluding hydrogens is 162 g/mol. The number of Topliss-reactive ketones (excluding diaryl/α,β-unsaturated/α-hetero) is 1. The fraction of sp³-hybridized carbons (Fsp3) is 0.273. The first kappa shape index (κ1) is 8.00. The average Bonchev–Trinajstić information content (AvgIpc) is 2.48. The van der Waals surface area contributed by atoms with Crippen LogP contribution >= 0.6 is 0 Å². The quantitative estimate of drug-likeness (QED) is 0.599. The van der Waals surface area contributed by atoms with Crippen molar-refractivity contribution in [3.8, 4) is 6.07 Å². The van der Waals surface area contributed by atoms with Gasteiger partial charge in [0.25, 0.3) is 0 Å². The highest BCUT2D eigenvalue weighted by Crippen LogP contribution is 2.26. The number of carbonyl (C=O) groups is 1. The molecule has 1 aromatic rings. The number of rotatable bonds is 0. The summed E-state index contributed by atoms with van der Waals surface area (Å²) >= 11 is 0. The lowest BCUT2D eigenvalue weighted by Gasteiger charge is -2.02. The highest BCUT2D eigenvalue weighted by atomic mass is 16.1. The minimum atomic E-state index is 0.219. The van der Waals surface area contributed by atoms with Gasteiger partial charge in [-0.2, -0.15) is 5.26 Å². The number of hydrogen-bond acceptors (Lipinski definition) is 2. The minimum absolute atomic E-state index is 0.219. The van der Waals surface area contributed by atoms with Crippen LogP contribution in [0.2, 0.25) is 0 Å². The van der Waals surface area contributed by atoms with Crippen LogP contribution in [0.1, 0.15) is 33.5 Å². The number of ketones is 1. The van der Waals surface area contributed by atoms with Crippen LogP contribution in [0.4, 0.5) is 0 Å². The van der Waals surface area contributed by atoms with Gasteiger partial charge in [0.05, 0.1) is 11.6 Å². The molecule has 1 aliphatic carbocycles. The lowest BCUT2D eigenvalue weighted by atomic mass is 10.0. The molecule has 1 aliphatic rings. The highest BCUT2D eigenvalue weighted by Gasteiger charge is 2.21. The number of carbonyl (C=O) groups excluding carboxylic acids is 1. The summed E-state index contributed by atoms with van der Waals surface area (Å²) in [6, 6.07) is 5.71. The number of nitriles is 1. The fourth-order valence-corrected chi connectivity index (χ4v) is 1.89. The molecule has 0 saturated carbocycles. The Bertz CT molecular complexity index is 426. The molecule has 0 bridgehead atoms. The molecule has 2 heteroatoms. The van der Waals surface area contributed by atoms with Crippen molar-refractivity contribution in [2.75, 3.05) is 0 Å². The van der Waals surface area contributed by atoms with Gasteiger partial charge in [-0.3, -0.25) is 4.79 Å². The molecule has 0 unspecified atom stereocenters. The van der Waals surface area contributed by atoms with Crippen molar-refractivity contribution in [2.45, 2.75) is 19.8 Å². The van der Waals surface area contributed by atoms with Crippen molar-refractivity contribution in [3.63, 3.8) is 0 Å². The lowest BCUT2D eigenvalue weighted by molar-refractivity contribution is 0.0994. The molecule has 1 aromatic carbocycles. The topological polar surface area (TPSA) is 40.9 Å². The maximum Gasteiger partial charge on any atom is 0.163 e. The smallest absolute Gasteiger partial charge is 0.163 e. The molecule has 0 atom stereocenters. The van der Waals surface area contributed by atoms with Crippen LogP contribution in [0.25, 0.3) is 0 Å². The van der Waals surface area contributed by atoms with Crippen LogP contribution in [0.5, 0.6) is 0 Å². The van der Waals surface area contributed by atoms with E-state index in [1.807, 2.05) is 13.0 Å². The number of benzene rings is 1. The maximum absolute atomic E-state index is 11.4. The highest BCUT2D eigenvalue weighted by molar-refractivity contribution is 6.01. The summed E-state index contributed by atoms with van der Waals surface area (Å²) in [5.74, 6) is 0.219. The van der Waals surface area contributed by atoms with Gasteiger partial charge >= 0.3 is 0 Å². The van der Waals surface area contributed by atoms with Crippen LogP contribution in [0.15, 0.2) is 12.1 Å². The molecule has 0 spiro atoms. The summed E-state index contributed by atoms with van der Waals surface area (Å²) in [5.41, 5.74) is 3.49. The van der Waals surface area contributed by atoms with E-state index < -0.39 is 0 Å². The molecule has 0 radical (unpaired) electrons. The Morgan fingerprint density at radius 3 is 2.85 bits per heavy atom. The van der Waals surface area contributed by atoms with Gasteiger partial charge in [0.1, 0.15) is 0 Å². The zero-order valence-corrected chi connectivity index (χ0v) is 7.42. The number of nitrogens with zero attached hydrogens (tertiary/aromatic N) is 1. The van der Waals surface area contributed by atoms with Crippen molar-refractivity contribution in [1.29, 1.82) is 5.26 Å². The molecule has 0 N–H and O–H groups in total. The van der Waals surface area contributed by atoms with Crippen LogP contribution in [0, 0.1) is 18.3 Å². The maximum atomic E-state index is 11.4. The van der Waals surface area contributed by atoms with Gasteiger partial charge in [-0.1, -0.05) is 0 Å². The van der Waals surface area contributed by atoms with E-state index in [4.69, 9.17) is 5.26 Å². The van der Waals surface area contributed by atoms with Crippen LogP contribution < -0.4 is 0 Å². The molecule has 64 valence electrons. The van der Waals surface area contributed by atoms with Gasteiger partial charge in [0, 0.05) is 12.0 Å². The van der Waals surface area contributed by atoms with Gasteiger partial charge in [-0.15, -0.1) is 0 Å². The molecule has 13 heavy (non-hydrogen) atoms. The molecule has 0 fully saturated rings. The predicted molar refractivity (Wildman–Crippen MR) is 48.5 cm³/mol. The summed E-state index contributed by atoms with van der Waals surface area (Å²) in [5, 5.41) is 8.72. The predicted octanol–water partition coefficient (Wildman–Crippen LogP) is 2.00. The summed E-state index contributed by atoms with van der Waals surface area (Å²) in [6.07, 6.45) is 1.40. The first-order valence-electron chi connectivity index (χ1n) is 4.29. The SMILES string of the molecule is Cc1cc(C#N)cc2c1C(=O)CC2. The van der Waals surface area contributed by atoms with Crippen molar-refractivity contribution >= 4 is 5.78 Å². The third kappa shape index (κ3) is 1.13. The Morgan fingerprint density at radius 2 is 2.15 bits per heavy atom. The largest absolute Gasteiger partial charge is 0.294 e.